The Morgan fingerprint density at radius 3 is 2.18 bits per heavy atom. The van der Waals surface area contributed by atoms with Crippen LogP contribution in [0.3, 0.4) is 0 Å². The van der Waals surface area contributed by atoms with Gasteiger partial charge in [0.05, 0.1) is 12.5 Å². The average Bonchev–Trinajstić information content (AvgIpc) is 2.27. The largest absolute Gasteiger partial charge is 0.371 e. The summed E-state index contributed by atoms with van der Waals surface area (Å²) in [5, 5.41) is 8.71. The van der Waals surface area contributed by atoms with Crippen LogP contribution < -0.4 is 4.90 Å². The molecule has 1 atom stereocenters. The van der Waals surface area contributed by atoms with Crippen molar-refractivity contribution in [3.05, 3.63) is 29.8 Å². The summed E-state index contributed by atoms with van der Waals surface area (Å²) in [7, 11) is 2.04. The van der Waals surface area contributed by atoms with Gasteiger partial charge in [-0.15, -0.1) is 0 Å². The molecule has 0 aliphatic rings. The Labute approximate surface area is 105 Å². The molecule has 2 nitrogen and oxygen atoms in total. The first-order valence-corrected chi connectivity index (χ1v) is 6.06. The first-order valence-electron chi connectivity index (χ1n) is 6.06. The molecule has 17 heavy (non-hydrogen) atoms. The Morgan fingerprint density at radius 2 is 1.76 bits per heavy atom. The second kappa shape index (κ2) is 5.23. The van der Waals surface area contributed by atoms with E-state index in [0.717, 1.165) is 0 Å². The Bertz CT molecular complexity index is 392. The van der Waals surface area contributed by atoms with E-state index in [9.17, 15) is 0 Å². The summed E-state index contributed by atoms with van der Waals surface area (Å²) in [5.74, 6) is 0. The van der Waals surface area contributed by atoms with Gasteiger partial charge in [0.15, 0.2) is 0 Å². The molecule has 1 aromatic carbocycles. The number of anilines is 1. The van der Waals surface area contributed by atoms with E-state index in [1.54, 1.807) is 0 Å². The molecule has 0 aliphatic heterocycles. The fraction of sp³-hybridized carbons (Fsp3) is 0.533. The highest BCUT2D eigenvalue weighted by atomic mass is 15.1. The van der Waals surface area contributed by atoms with Crippen LogP contribution in [0.4, 0.5) is 5.69 Å². The minimum Gasteiger partial charge on any atom is -0.371 e. The van der Waals surface area contributed by atoms with Crippen LogP contribution in [0.25, 0.3) is 0 Å². The van der Waals surface area contributed by atoms with Crippen LogP contribution in [0, 0.1) is 11.3 Å². The molecule has 0 saturated carbocycles. The summed E-state index contributed by atoms with van der Waals surface area (Å²) in [5.41, 5.74) is 2.69. The van der Waals surface area contributed by atoms with E-state index in [2.05, 4.69) is 62.9 Å². The van der Waals surface area contributed by atoms with Crippen molar-refractivity contribution in [2.45, 2.75) is 45.6 Å². The first kappa shape index (κ1) is 13.6. The van der Waals surface area contributed by atoms with Crippen LogP contribution in [0.2, 0.25) is 0 Å². The van der Waals surface area contributed by atoms with Gasteiger partial charge >= 0.3 is 0 Å². The smallest absolute Gasteiger partial charge is 0.0643 e. The van der Waals surface area contributed by atoms with Crippen LogP contribution in [-0.2, 0) is 5.41 Å². The normalized spacial score (nSPS) is 12.9. The number of hydrogen-bond donors (Lipinski definition) is 0. The zero-order chi connectivity index (χ0) is 13.1. The van der Waals surface area contributed by atoms with E-state index in [1.165, 1.54) is 11.3 Å². The predicted octanol–water partition coefficient (Wildman–Crippen LogP) is 3.72. The highest BCUT2D eigenvalue weighted by Gasteiger charge is 2.14. The molecule has 0 amide bonds. The van der Waals surface area contributed by atoms with Gasteiger partial charge in [-0.2, -0.15) is 5.26 Å². The molecular weight excluding hydrogens is 208 g/mol. The second-order valence-electron chi connectivity index (χ2n) is 5.62. The third-order valence-corrected chi connectivity index (χ3v) is 3.19. The van der Waals surface area contributed by atoms with Crippen LogP contribution in [-0.4, -0.2) is 13.1 Å². The molecule has 1 rings (SSSR count). The SMILES string of the molecule is CC(CC#N)N(C)c1ccc(C(C)(C)C)cc1. The molecule has 1 unspecified atom stereocenters. The van der Waals surface area contributed by atoms with Crippen molar-refractivity contribution in [3.63, 3.8) is 0 Å². The van der Waals surface area contributed by atoms with E-state index >= 15 is 0 Å². The standard InChI is InChI=1S/C15H22N2/c1-12(10-11-16)17(5)14-8-6-13(7-9-14)15(2,3)4/h6-9,12H,10H2,1-5H3. The predicted molar refractivity (Wildman–Crippen MR) is 73.2 cm³/mol. The molecule has 0 saturated heterocycles. The molecule has 0 N–H and O–H groups in total. The lowest BCUT2D eigenvalue weighted by atomic mass is 9.87. The van der Waals surface area contributed by atoms with Crippen LogP contribution >= 0.6 is 0 Å². The van der Waals surface area contributed by atoms with E-state index in [-0.39, 0.29) is 11.5 Å². The molecule has 0 fully saturated rings. The summed E-state index contributed by atoms with van der Waals surface area (Å²) >= 11 is 0. The number of hydrogen-bond acceptors (Lipinski definition) is 2. The lowest BCUT2D eigenvalue weighted by Crippen LogP contribution is -2.28. The van der Waals surface area contributed by atoms with Crippen molar-refractivity contribution < 1.29 is 0 Å². The zero-order valence-electron chi connectivity index (χ0n) is 11.5. The minimum atomic E-state index is 0.190. The average molecular weight is 230 g/mol. The zero-order valence-corrected chi connectivity index (χ0v) is 11.5. The summed E-state index contributed by atoms with van der Waals surface area (Å²) in [6, 6.07) is 11.1. The number of nitriles is 1. The van der Waals surface area contributed by atoms with E-state index in [1.807, 2.05) is 7.05 Å². The van der Waals surface area contributed by atoms with Gasteiger partial charge in [-0.25, -0.2) is 0 Å². The van der Waals surface area contributed by atoms with Gasteiger partial charge in [0.2, 0.25) is 0 Å². The van der Waals surface area contributed by atoms with Gasteiger partial charge in [0.1, 0.15) is 0 Å². The van der Waals surface area contributed by atoms with E-state index in [0.29, 0.717) is 6.42 Å². The second-order valence-corrected chi connectivity index (χ2v) is 5.62. The van der Waals surface area contributed by atoms with Crippen LogP contribution in [0.1, 0.15) is 39.7 Å². The molecule has 0 aliphatic carbocycles. The van der Waals surface area contributed by atoms with Crippen molar-refractivity contribution in [1.82, 2.24) is 0 Å². The fourth-order valence-electron chi connectivity index (χ4n) is 1.72. The third kappa shape index (κ3) is 3.49. The van der Waals surface area contributed by atoms with Gasteiger partial charge in [0, 0.05) is 18.8 Å². The minimum absolute atomic E-state index is 0.190. The van der Waals surface area contributed by atoms with Gasteiger partial charge < -0.3 is 4.90 Å². The van der Waals surface area contributed by atoms with Crippen molar-refractivity contribution in [3.8, 4) is 6.07 Å². The highest BCUT2D eigenvalue weighted by molar-refractivity contribution is 5.48. The molecule has 0 aromatic heterocycles. The molecule has 2 heteroatoms. The van der Waals surface area contributed by atoms with Crippen molar-refractivity contribution >= 4 is 5.69 Å². The highest BCUT2D eigenvalue weighted by Crippen LogP contribution is 2.25. The van der Waals surface area contributed by atoms with Crippen molar-refractivity contribution in [2.75, 3.05) is 11.9 Å². The summed E-state index contributed by atoms with van der Waals surface area (Å²) in [6.07, 6.45) is 0.553. The number of benzene rings is 1. The summed E-state index contributed by atoms with van der Waals surface area (Å²) < 4.78 is 0. The quantitative estimate of drug-likeness (QED) is 0.791. The maximum atomic E-state index is 8.71. The molecule has 0 heterocycles. The van der Waals surface area contributed by atoms with Crippen LogP contribution in [0.5, 0.6) is 0 Å². The van der Waals surface area contributed by atoms with E-state index < -0.39 is 0 Å². The Morgan fingerprint density at radius 1 is 1.24 bits per heavy atom. The van der Waals surface area contributed by atoms with Gasteiger partial charge in [-0.1, -0.05) is 32.9 Å². The number of nitrogens with zero attached hydrogens (tertiary/aromatic N) is 2. The lowest BCUT2D eigenvalue weighted by Gasteiger charge is -2.26. The van der Waals surface area contributed by atoms with Crippen molar-refractivity contribution in [2.24, 2.45) is 0 Å². The lowest BCUT2D eigenvalue weighted by molar-refractivity contribution is 0.590. The molecule has 1 aromatic rings. The van der Waals surface area contributed by atoms with Crippen molar-refractivity contribution in [1.29, 1.82) is 5.26 Å². The molecular formula is C15H22N2. The Hall–Kier alpha value is -1.49. The topological polar surface area (TPSA) is 27.0 Å². The summed E-state index contributed by atoms with van der Waals surface area (Å²) in [6.45, 7) is 8.71. The molecule has 92 valence electrons. The van der Waals surface area contributed by atoms with Gasteiger partial charge in [-0.05, 0) is 30.0 Å². The fourth-order valence-corrected chi connectivity index (χ4v) is 1.72. The molecule has 0 bridgehead atoms. The molecule has 0 radical (unpaired) electrons. The summed E-state index contributed by atoms with van der Waals surface area (Å²) in [4.78, 5) is 2.15. The Balaban J connectivity index is 2.85. The number of rotatable bonds is 3. The maximum absolute atomic E-state index is 8.71. The third-order valence-electron chi connectivity index (χ3n) is 3.19. The van der Waals surface area contributed by atoms with Gasteiger partial charge in [-0.3, -0.25) is 0 Å². The van der Waals surface area contributed by atoms with E-state index in [4.69, 9.17) is 5.26 Å². The van der Waals surface area contributed by atoms with Gasteiger partial charge in [0.25, 0.3) is 0 Å². The molecule has 0 spiro atoms. The van der Waals surface area contributed by atoms with Crippen LogP contribution in [0.15, 0.2) is 24.3 Å². The maximum Gasteiger partial charge on any atom is 0.0643 e. The monoisotopic (exact) mass is 230 g/mol. The Kier molecular flexibility index (Phi) is 4.17. The first-order chi connectivity index (χ1) is 7.86.